The van der Waals surface area contributed by atoms with Gasteiger partial charge in [0, 0.05) is 23.2 Å². The lowest BCUT2D eigenvalue weighted by atomic mass is 9.95. The van der Waals surface area contributed by atoms with E-state index in [1.54, 1.807) is 39.8 Å². The predicted octanol–water partition coefficient (Wildman–Crippen LogP) is 4.99. The van der Waals surface area contributed by atoms with Gasteiger partial charge < -0.3 is 29.6 Å². The van der Waals surface area contributed by atoms with Gasteiger partial charge in [-0.2, -0.15) is 0 Å². The summed E-state index contributed by atoms with van der Waals surface area (Å²) in [6, 6.07) is 5.15. The molecule has 1 fully saturated rings. The van der Waals surface area contributed by atoms with Crippen LogP contribution >= 0.6 is 0 Å². The molecule has 1 aromatic carbocycles. The molecule has 0 saturated heterocycles. The van der Waals surface area contributed by atoms with Crippen LogP contribution in [-0.4, -0.2) is 73.7 Å². The summed E-state index contributed by atoms with van der Waals surface area (Å²) in [5, 5.41) is 5.38. The predicted molar refractivity (Wildman–Crippen MR) is 171 cm³/mol. The van der Waals surface area contributed by atoms with E-state index in [1.165, 1.54) is 25.3 Å². The lowest BCUT2D eigenvalue weighted by Crippen LogP contribution is -2.47. The Bertz CT molecular complexity index is 1460. The first kappa shape index (κ1) is 35.7. The Morgan fingerprint density at radius 2 is 1.76 bits per heavy atom. The largest absolute Gasteiger partial charge is 0.496 e. The van der Waals surface area contributed by atoms with E-state index >= 15 is 0 Å². The number of nitrogens with one attached hydrogen (secondary N) is 2. The molecule has 1 heterocycles. The minimum atomic E-state index is -0.982. The van der Waals surface area contributed by atoms with Gasteiger partial charge in [-0.3, -0.25) is 9.59 Å². The number of carbonyl (C=O) groups is 5. The molecule has 1 aliphatic carbocycles. The molecule has 2 N–H and O–H groups in total. The van der Waals surface area contributed by atoms with Gasteiger partial charge in [-0.25, -0.2) is 19.4 Å². The summed E-state index contributed by atoms with van der Waals surface area (Å²) < 4.78 is 21.5. The van der Waals surface area contributed by atoms with Crippen LogP contribution < -0.4 is 15.4 Å². The fourth-order valence-electron chi connectivity index (χ4n) is 4.43. The maximum absolute atomic E-state index is 13.4. The molecule has 12 heteroatoms. The average Bonchev–Trinajstić information content (AvgIpc) is 3.86. The zero-order valence-electron chi connectivity index (χ0n) is 27.3. The van der Waals surface area contributed by atoms with Crippen LogP contribution in [0.25, 0.3) is 17.2 Å². The number of benzene rings is 1. The number of carbonyl (C=O) groups excluding carboxylic acids is 5. The van der Waals surface area contributed by atoms with Gasteiger partial charge in [-0.1, -0.05) is 32.9 Å². The van der Waals surface area contributed by atoms with Crippen molar-refractivity contribution in [2.45, 2.75) is 65.5 Å². The highest BCUT2D eigenvalue weighted by Crippen LogP contribution is 2.33. The van der Waals surface area contributed by atoms with Crippen LogP contribution in [-0.2, 0) is 19.0 Å². The lowest BCUT2D eigenvalue weighted by molar-refractivity contribution is -0.148. The van der Waals surface area contributed by atoms with Gasteiger partial charge in [-0.05, 0) is 75.3 Å². The van der Waals surface area contributed by atoms with Crippen molar-refractivity contribution in [1.82, 2.24) is 15.6 Å². The third-order valence-electron chi connectivity index (χ3n) is 7.31. The van der Waals surface area contributed by atoms with Crippen LogP contribution in [0.4, 0.5) is 4.79 Å². The Balaban J connectivity index is 1.81. The molecule has 1 saturated carbocycles. The highest BCUT2D eigenvalue weighted by atomic mass is 16.6. The SMILES string of the molecule is C=Cc1cc(C=O)c(-c2ccc(C(=O)NCC3CC3)nc2C(=O)OCCOC(=O)[C@@H](NC(=O)OC(C)(C)C)[C@H](C)CC)cc1OC. The molecule has 2 aromatic rings. The Labute approximate surface area is 269 Å². The molecule has 0 aliphatic heterocycles. The number of hydrogen-bond donors (Lipinski definition) is 2. The fraction of sp³-hybridized carbons (Fsp3) is 0.471. The van der Waals surface area contributed by atoms with Crippen molar-refractivity contribution in [2.75, 3.05) is 26.9 Å². The van der Waals surface area contributed by atoms with Crippen LogP contribution in [0, 0.1) is 11.8 Å². The van der Waals surface area contributed by atoms with E-state index in [2.05, 4.69) is 22.2 Å². The number of rotatable bonds is 15. The molecular weight excluding hydrogens is 594 g/mol. The second-order valence-corrected chi connectivity index (χ2v) is 12.1. The molecule has 0 radical (unpaired) electrons. The number of nitrogens with zero attached hydrogens (tertiary/aromatic N) is 1. The molecule has 1 aromatic heterocycles. The quantitative estimate of drug-likeness (QED) is 0.118. The number of pyridine rings is 1. The minimum Gasteiger partial charge on any atom is -0.496 e. The van der Waals surface area contributed by atoms with Gasteiger partial charge in [-0.15, -0.1) is 0 Å². The van der Waals surface area contributed by atoms with E-state index in [4.69, 9.17) is 18.9 Å². The van der Waals surface area contributed by atoms with Crippen LogP contribution in [0.1, 0.15) is 90.8 Å². The van der Waals surface area contributed by atoms with Crippen LogP contribution in [0.15, 0.2) is 30.8 Å². The number of amides is 2. The summed E-state index contributed by atoms with van der Waals surface area (Å²) >= 11 is 0. The topological polar surface area (TPSA) is 159 Å². The Morgan fingerprint density at radius 3 is 2.35 bits per heavy atom. The first-order valence-corrected chi connectivity index (χ1v) is 15.2. The monoisotopic (exact) mass is 637 g/mol. The summed E-state index contributed by atoms with van der Waals surface area (Å²) in [5.41, 5.74) is 0.393. The number of methoxy groups -OCH3 is 1. The maximum Gasteiger partial charge on any atom is 0.408 e. The number of alkyl carbamates (subject to hydrolysis) is 1. The molecule has 0 unspecified atom stereocenters. The standard InChI is InChI=1S/C34H43N3O9/c1-8-20(3)28(37-33(42)46-34(4,5)6)31(40)44-14-15-45-32(41)29-24(12-13-26(36-29)30(39)35-18-21-10-11-21)25-17-27(43-7)22(9-2)16-23(25)19-38/h9,12-13,16-17,19-21,28H,2,8,10-11,14-15,18H2,1,3-7H3,(H,35,39)(H,37,42)/t20-,28+/m1/s1. The van der Waals surface area contributed by atoms with Crippen molar-refractivity contribution < 1.29 is 42.9 Å². The van der Waals surface area contributed by atoms with Crippen molar-refractivity contribution in [1.29, 1.82) is 0 Å². The smallest absolute Gasteiger partial charge is 0.408 e. The van der Waals surface area contributed by atoms with Crippen LogP contribution in [0.2, 0.25) is 0 Å². The van der Waals surface area contributed by atoms with E-state index in [1.807, 2.05) is 6.92 Å². The summed E-state index contributed by atoms with van der Waals surface area (Å²) in [6.07, 6.45) is 4.07. The molecule has 0 spiro atoms. The zero-order valence-corrected chi connectivity index (χ0v) is 27.3. The highest BCUT2D eigenvalue weighted by molar-refractivity contribution is 6.01. The van der Waals surface area contributed by atoms with Crippen molar-refractivity contribution in [3.05, 3.63) is 53.4 Å². The Hall–Kier alpha value is -4.74. The average molecular weight is 638 g/mol. The Morgan fingerprint density at radius 1 is 1.07 bits per heavy atom. The number of ether oxygens (including phenoxy) is 4. The Kier molecular flexibility index (Phi) is 12.4. The molecule has 2 amide bonds. The summed E-state index contributed by atoms with van der Waals surface area (Å²) in [6.45, 7) is 12.4. The minimum absolute atomic E-state index is 0.00489. The molecule has 248 valence electrons. The molecule has 0 bridgehead atoms. The third kappa shape index (κ3) is 9.88. The van der Waals surface area contributed by atoms with E-state index in [0.29, 0.717) is 42.0 Å². The number of esters is 2. The third-order valence-corrected chi connectivity index (χ3v) is 7.31. The summed E-state index contributed by atoms with van der Waals surface area (Å²) in [4.78, 5) is 67.8. The van der Waals surface area contributed by atoms with Crippen LogP contribution in [0.5, 0.6) is 5.75 Å². The first-order valence-electron chi connectivity index (χ1n) is 15.2. The molecule has 1 aliphatic rings. The van der Waals surface area contributed by atoms with E-state index in [-0.39, 0.29) is 41.6 Å². The number of aromatic nitrogens is 1. The second kappa shape index (κ2) is 16.0. The number of aldehydes is 1. The summed E-state index contributed by atoms with van der Waals surface area (Å²) in [5.74, 6) is -1.50. The molecule has 3 rings (SSSR count). The van der Waals surface area contributed by atoms with Gasteiger partial charge in [0.15, 0.2) is 12.0 Å². The fourth-order valence-corrected chi connectivity index (χ4v) is 4.43. The number of hydrogen-bond acceptors (Lipinski definition) is 10. The van der Waals surface area contributed by atoms with Gasteiger partial charge in [0.05, 0.1) is 7.11 Å². The highest BCUT2D eigenvalue weighted by Gasteiger charge is 2.30. The zero-order chi connectivity index (χ0) is 34.0. The van der Waals surface area contributed by atoms with Crippen molar-refractivity contribution in [3.8, 4) is 16.9 Å². The van der Waals surface area contributed by atoms with Gasteiger partial charge >= 0.3 is 18.0 Å². The molecule has 46 heavy (non-hydrogen) atoms. The molecule has 2 atom stereocenters. The van der Waals surface area contributed by atoms with Crippen molar-refractivity contribution >= 4 is 36.3 Å². The molecular formula is C34H43N3O9. The van der Waals surface area contributed by atoms with E-state index < -0.39 is 35.6 Å². The molecule has 12 nitrogen and oxygen atoms in total. The summed E-state index contributed by atoms with van der Waals surface area (Å²) in [7, 11) is 1.46. The van der Waals surface area contributed by atoms with Gasteiger partial charge in [0.1, 0.15) is 36.3 Å². The lowest BCUT2D eigenvalue weighted by Gasteiger charge is -2.25. The van der Waals surface area contributed by atoms with Gasteiger partial charge in [0.25, 0.3) is 5.91 Å². The first-order chi connectivity index (χ1) is 21.8. The normalized spacial score (nSPS) is 13.9. The van der Waals surface area contributed by atoms with Crippen LogP contribution in [0.3, 0.4) is 0 Å². The van der Waals surface area contributed by atoms with Gasteiger partial charge in [0.2, 0.25) is 0 Å². The maximum atomic E-state index is 13.4. The second-order valence-electron chi connectivity index (χ2n) is 12.1. The van der Waals surface area contributed by atoms with E-state index in [9.17, 15) is 24.0 Å². The van der Waals surface area contributed by atoms with Crippen molar-refractivity contribution in [2.24, 2.45) is 11.8 Å². The van der Waals surface area contributed by atoms with E-state index in [0.717, 1.165) is 12.8 Å². The van der Waals surface area contributed by atoms with Crippen molar-refractivity contribution in [3.63, 3.8) is 0 Å².